The standard InChI is InChI=1S/C23H25ClN4O2/c1-27(2)19-10-3-16(4-11-19)5-14-22(29)28(20-12-13-20)15-21-25-26-23(30-21)17-6-8-18(24)9-7-17/h3-4,6-11,20H,5,12-15H2,1-2H3. The van der Waals surface area contributed by atoms with Crippen molar-refractivity contribution in [2.24, 2.45) is 0 Å². The third-order valence-corrected chi connectivity index (χ3v) is 5.50. The van der Waals surface area contributed by atoms with Gasteiger partial charge in [0.25, 0.3) is 0 Å². The first-order valence-electron chi connectivity index (χ1n) is 10.1. The van der Waals surface area contributed by atoms with Crippen LogP contribution >= 0.6 is 11.6 Å². The van der Waals surface area contributed by atoms with E-state index in [9.17, 15) is 4.79 Å². The van der Waals surface area contributed by atoms with Gasteiger partial charge in [-0.25, -0.2) is 0 Å². The molecule has 7 heteroatoms. The maximum absolute atomic E-state index is 12.9. The highest BCUT2D eigenvalue weighted by molar-refractivity contribution is 6.30. The van der Waals surface area contributed by atoms with E-state index in [2.05, 4.69) is 39.4 Å². The maximum atomic E-state index is 12.9. The van der Waals surface area contributed by atoms with Gasteiger partial charge in [0, 0.05) is 42.8 Å². The fraction of sp³-hybridized carbons (Fsp3) is 0.348. The molecular formula is C23H25ClN4O2. The number of halogens is 1. The zero-order chi connectivity index (χ0) is 21.1. The number of anilines is 1. The van der Waals surface area contributed by atoms with Crippen molar-refractivity contribution in [1.82, 2.24) is 15.1 Å². The summed E-state index contributed by atoms with van der Waals surface area (Å²) in [5.41, 5.74) is 3.12. The molecule has 0 unspecified atom stereocenters. The van der Waals surface area contributed by atoms with Crippen molar-refractivity contribution in [2.45, 2.75) is 38.3 Å². The lowest BCUT2D eigenvalue weighted by atomic mass is 10.1. The van der Waals surface area contributed by atoms with Crippen LogP contribution in [0, 0.1) is 0 Å². The molecule has 156 valence electrons. The summed E-state index contributed by atoms with van der Waals surface area (Å²) in [5, 5.41) is 8.92. The zero-order valence-corrected chi connectivity index (χ0v) is 18.0. The topological polar surface area (TPSA) is 62.5 Å². The van der Waals surface area contributed by atoms with E-state index in [0.29, 0.717) is 29.8 Å². The molecule has 1 aromatic heterocycles. The van der Waals surface area contributed by atoms with Crippen LogP contribution in [0.2, 0.25) is 5.02 Å². The van der Waals surface area contributed by atoms with Crippen LogP contribution in [0.3, 0.4) is 0 Å². The van der Waals surface area contributed by atoms with Gasteiger partial charge in [-0.05, 0) is 61.2 Å². The highest BCUT2D eigenvalue weighted by atomic mass is 35.5. The molecule has 0 spiro atoms. The molecule has 0 atom stereocenters. The van der Waals surface area contributed by atoms with Crippen LogP contribution in [0.5, 0.6) is 0 Å². The van der Waals surface area contributed by atoms with Crippen molar-refractivity contribution >= 4 is 23.2 Å². The number of aromatic nitrogens is 2. The van der Waals surface area contributed by atoms with Crippen LogP contribution in [0.4, 0.5) is 5.69 Å². The molecule has 30 heavy (non-hydrogen) atoms. The second-order valence-electron chi connectivity index (χ2n) is 7.82. The Bertz CT molecular complexity index is 995. The van der Waals surface area contributed by atoms with Gasteiger partial charge in [-0.3, -0.25) is 4.79 Å². The number of rotatable bonds is 8. The Morgan fingerprint density at radius 2 is 1.77 bits per heavy atom. The normalized spacial score (nSPS) is 13.3. The number of benzene rings is 2. The second kappa shape index (κ2) is 8.88. The predicted molar refractivity (Wildman–Crippen MR) is 117 cm³/mol. The van der Waals surface area contributed by atoms with Crippen molar-refractivity contribution in [3.8, 4) is 11.5 Å². The van der Waals surface area contributed by atoms with Gasteiger partial charge >= 0.3 is 0 Å². The molecule has 1 fully saturated rings. The van der Waals surface area contributed by atoms with Crippen molar-refractivity contribution in [3.63, 3.8) is 0 Å². The Kier molecular flexibility index (Phi) is 6.04. The first-order valence-corrected chi connectivity index (χ1v) is 10.5. The van der Waals surface area contributed by atoms with Crippen LogP contribution in [-0.4, -0.2) is 41.1 Å². The molecule has 4 rings (SSSR count). The lowest BCUT2D eigenvalue weighted by Gasteiger charge is -2.20. The monoisotopic (exact) mass is 424 g/mol. The van der Waals surface area contributed by atoms with Gasteiger partial charge in [0.2, 0.25) is 17.7 Å². The van der Waals surface area contributed by atoms with Gasteiger partial charge in [0.15, 0.2) is 0 Å². The average molecular weight is 425 g/mol. The minimum atomic E-state index is 0.125. The van der Waals surface area contributed by atoms with Gasteiger partial charge in [-0.2, -0.15) is 0 Å². The Morgan fingerprint density at radius 1 is 1.07 bits per heavy atom. The van der Waals surface area contributed by atoms with Crippen LogP contribution < -0.4 is 4.90 Å². The lowest BCUT2D eigenvalue weighted by molar-refractivity contribution is -0.132. The van der Waals surface area contributed by atoms with Crippen LogP contribution in [0.15, 0.2) is 52.9 Å². The Morgan fingerprint density at radius 3 is 2.40 bits per heavy atom. The smallest absolute Gasteiger partial charge is 0.247 e. The van der Waals surface area contributed by atoms with E-state index < -0.39 is 0 Å². The van der Waals surface area contributed by atoms with Crippen LogP contribution in [0.25, 0.3) is 11.5 Å². The molecule has 0 aliphatic heterocycles. The molecule has 1 heterocycles. The summed E-state index contributed by atoms with van der Waals surface area (Å²) in [6.07, 6.45) is 3.24. The summed E-state index contributed by atoms with van der Waals surface area (Å²) in [4.78, 5) is 16.8. The first-order chi connectivity index (χ1) is 14.5. The Balaban J connectivity index is 1.38. The van der Waals surface area contributed by atoms with E-state index in [4.69, 9.17) is 16.0 Å². The summed E-state index contributed by atoms with van der Waals surface area (Å²) < 4.78 is 5.80. The van der Waals surface area contributed by atoms with Gasteiger partial charge in [-0.15, -0.1) is 10.2 Å². The van der Waals surface area contributed by atoms with Crippen LogP contribution in [0.1, 0.15) is 30.7 Å². The summed E-state index contributed by atoms with van der Waals surface area (Å²) >= 11 is 5.93. The zero-order valence-electron chi connectivity index (χ0n) is 17.2. The fourth-order valence-corrected chi connectivity index (χ4v) is 3.46. The summed E-state index contributed by atoms with van der Waals surface area (Å²) in [6, 6.07) is 15.8. The van der Waals surface area contributed by atoms with E-state index in [1.165, 1.54) is 0 Å². The summed E-state index contributed by atoms with van der Waals surface area (Å²) in [7, 11) is 4.03. The van der Waals surface area contributed by atoms with Gasteiger partial charge < -0.3 is 14.2 Å². The molecule has 1 aliphatic carbocycles. The molecule has 2 aromatic carbocycles. The lowest BCUT2D eigenvalue weighted by Crippen LogP contribution is -2.32. The molecule has 0 radical (unpaired) electrons. The minimum Gasteiger partial charge on any atom is -0.419 e. The van der Waals surface area contributed by atoms with E-state index in [0.717, 1.165) is 36.1 Å². The molecule has 0 N–H and O–H groups in total. The number of aryl methyl sites for hydroxylation is 1. The number of hydrogen-bond acceptors (Lipinski definition) is 5. The fourth-order valence-electron chi connectivity index (χ4n) is 3.34. The number of nitrogens with zero attached hydrogens (tertiary/aromatic N) is 4. The molecule has 1 amide bonds. The Labute approximate surface area is 181 Å². The van der Waals surface area contributed by atoms with Crippen molar-refractivity contribution in [2.75, 3.05) is 19.0 Å². The van der Waals surface area contributed by atoms with Gasteiger partial charge in [0.1, 0.15) is 0 Å². The van der Waals surface area contributed by atoms with E-state index in [-0.39, 0.29) is 11.9 Å². The van der Waals surface area contributed by atoms with Gasteiger partial charge in [-0.1, -0.05) is 23.7 Å². The molecular weight excluding hydrogens is 400 g/mol. The largest absolute Gasteiger partial charge is 0.419 e. The number of hydrogen-bond donors (Lipinski definition) is 0. The molecule has 1 saturated carbocycles. The quantitative estimate of drug-likeness (QED) is 0.529. The molecule has 1 aliphatic rings. The maximum Gasteiger partial charge on any atom is 0.247 e. The SMILES string of the molecule is CN(C)c1ccc(CCC(=O)N(Cc2nnc(-c3ccc(Cl)cc3)o2)C2CC2)cc1. The van der Waals surface area contributed by atoms with Crippen molar-refractivity contribution in [1.29, 1.82) is 0 Å². The minimum absolute atomic E-state index is 0.125. The highest BCUT2D eigenvalue weighted by Gasteiger charge is 2.33. The number of carbonyl (C=O) groups is 1. The Hall–Kier alpha value is -2.86. The van der Waals surface area contributed by atoms with E-state index in [1.54, 1.807) is 12.1 Å². The molecule has 6 nitrogen and oxygen atoms in total. The summed E-state index contributed by atoms with van der Waals surface area (Å²) in [6.45, 7) is 0.351. The van der Waals surface area contributed by atoms with Crippen LogP contribution in [-0.2, 0) is 17.8 Å². The average Bonchev–Trinajstić information content (AvgIpc) is 3.48. The van der Waals surface area contributed by atoms with Crippen molar-refractivity contribution in [3.05, 3.63) is 65.0 Å². The van der Waals surface area contributed by atoms with Crippen molar-refractivity contribution < 1.29 is 9.21 Å². The first kappa shape index (κ1) is 20.4. The second-order valence-corrected chi connectivity index (χ2v) is 8.26. The summed E-state index contributed by atoms with van der Waals surface area (Å²) in [5.74, 6) is 1.02. The van der Waals surface area contributed by atoms with E-state index >= 15 is 0 Å². The predicted octanol–water partition coefficient (Wildman–Crippen LogP) is 4.58. The third-order valence-electron chi connectivity index (χ3n) is 5.25. The highest BCUT2D eigenvalue weighted by Crippen LogP contribution is 2.30. The molecule has 0 bridgehead atoms. The molecule has 3 aromatic rings. The van der Waals surface area contributed by atoms with E-state index in [1.807, 2.05) is 31.1 Å². The third kappa shape index (κ3) is 5.00. The van der Waals surface area contributed by atoms with Gasteiger partial charge in [0.05, 0.1) is 6.54 Å². The molecule has 0 saturated heterocycles. The number of amides is 1. The number of carbonyl (C=O) groups excluding carboxylic acids is 1.